The summed E-state index contributed by atoms with van der Waals surface area (Å²) in [6.07, 6.45) is 3.68. The summed E-state index contributed by atoms with van der Waals surface area (Å²) in [5, 5.41) is 15.5. The second-order valence-electron chi connectivity index (χ2n) is 4.70. The Bertz CT molecular complexity index is 586. The average molecular weight is 315 g/mol. The number of aliphatic hydroxyl groups excluding tert-OH is 1. The Morgan fingerprint density at radius 1 is 1.30 bits per heavy atom. The van der Waals surface area contributed by atoms with Gasteiger partial charge in [-0.3, -0.25) is 9.67 Å². The molecule has 1 atom stereocenters. The van der Waals surface area contributed by atoms with Crippen LogP contribution in [-0.4, -0.2) is 45.4 Å². The Kier molecular flexibility index (Phi) is 4.99. The Hall–Kier alpha value is -1.14. The zero-order valence-electron chi connectivity index (χ0n) is 11.3. The molecule has 0 fully saturated rings. The third-order valence-corrected chi connectivity index (χ3v) is 3.56. The minimum Gasteiger partial charge on any atom is -0.382 e. The number of hydrogen-bond donors (Lipinski definition) is 1. The molecule has 0 radical (unpaired) electrons. The van der Waals surface area contributed by atoms with Crippen LogP contribution in [0.1, 0.15) is 17.4 Å². The van der Waals surface area contributed by atoms with Crippen LogP contribution in [0.3, 0.4) is 0 Å². The van der Waals surface area contributed by atoms with Crippen molar-refractivity contribution in [1.82, 2.24) is 19.7 Å². The second-order valence-corrected chi connectivity index (χ2v) is 5.52. The molecule has 0 aliphatic carbocycles. The highest BCUT2D eigenvalue weighted by atomic mass is 35.5. The summed E-state index contributed by atoms with van der Waals surface area (Å²) >= 11 is 12.2. The molecule has 0 aliphatic rings. The molecule has 0 bridgehead atoms. The first kappa shape index (κ1) is 15.3. The second kappa shape index (κ2) is 6.54. The van der Waals surface area contributed by atoms with Gasteiger partial charge in [0, 0.05) is 24.5 Å². The van der Waals surface area contributed by atoms with Crippen molar-refractivity contribution < 1.29 is 5.11 Å². The van der Waals surface area contributed by atoms with E-state index in [-0.39, 0.29) is 0 Å². The first-order valence-corrected chi connectivity index (χ1v) is 6.89. The molecule has 0 spiro atoms. The maximum Gasteiger partial charge on any atom is 0.124 e. The smallest absolute Gasteiger partial charge is 0.124 e. The Labute approximate surface area is 127 Å². The maximum atomic E-state index is 10.5. The molecule has 5 nitrogen and oxygen atoms in total. The Balaban J connectivity index is 2.32. The van der Waals surface area contributed by atoms with Crippen LogP contribution in [0.4, 0.5) is 0 Å². The van der Waals surface area contributed by atoms with Gasteiger partial charge in [0.2, 0.25) is 0 Å². The third-order valence-electron chi connectivity index (χ3n) is 2.95. The molecule has 0 saturated heterocycles. The molecular formula is C13H16Cl2N4O. The highest BCUT2D eigenvalue weighted by molar-refractivity contribution is 6.32. The Morgan fingerprint density at radius 2 is 2.05 bits per heavy atom. The van der Waals surface area contributed by atoms with Crippen molar-refractivity contribution in [1.29, 1.82) is 0 Å². The minimum absolute atomic E-state index is 0.399. The van der Waals surface area contributed by atoms with Crippen LogP contribution >= 0.6 is 23.2 Å². The highest BCUT2D eigenvalue weighted by Gasteiger charge is 2.21. The van der Waals surface area contributed by atoms with Crippen LogP contribution in [0.2, 0.25) is 10.0 Å². The van der Waals surface area contributed by atoms with E-state index in [1.165, 1.54) is 12.4 Å². The van der Waals surface area contributed by atoms with E-state index < -0.39 is 6.10 Å². The molecule has 108 valence electrons. The molecule has 1 unspecified atom stereocenters. The van der Waals surface area contributed by atoms with Gasteiger partial charge in [0.05, 0.1) is 28.5 Å². The molecule has 0 saturated carbocycles. The van der Waals surface area contributed by atoms with Crippen LogP contribution in [0.5, 0.6) is 0 Å². The predicted octanol–water partition coefficient (Wildman–Crippen LogP) is 2.23. The lowest BCUT2D eigenvalue weighted by Crippen LogP contribution is -2.21. The number of aromatic nitrogens is 3. The van der Waals surface area contributed by atoms with E-state index in [9.17, 15) is 5.11 Å². The largest absolute Gasteiger partial charge is 0.382 e. The summed E-state index contributed by atoms with van der Waals surface area (Å²) in [5.74, 6) is 0. The SMILES string of the molecule is CN(C)CCn1ncc(Cl)c1C(O)c1ccncc1Cl. The fourth-order valence-electron chi connectivity index (χ4n) is 1.87. The summed E-state index contributed by atoms with van der Waals surface area (Å²) in [6, 6.07) is 1.67. The van der Waals surface area contributed by atoms with Crippen molar-refractivity contribution in [3.8, 4) is 0 Å². The van der Waals surface area contributed by atoms with Crippen molar-refractivity contribution in [3.63, 3.8) is 0 Å². The fraction of sp³-hybridized carbons (Fsp3) is 0.385. The normalized spacial score (nSPS) is 12.9. The van der Waals surface area contributed by atoms with Crippen molar-refractivity contribution in [2.75, 3.05) is 20.6 Å². The number of nitrogens with zero attached hydrogens (tertiary/aromatic N) is 4. The van der Waals surface area contributed by atoms with Gasteiger partial charge in [0.25, 0.3) is 0 Å². The quantitative estimate of drug-likeness (QED) is 0.919. The first-order valence-electron chi connectivity index (χ1n) is 6.14. The number of hydrogen-bond acceptors (Lipinski definition) is 4. The maximum absolute atomic E-state index is 10.5. The van der Waals surface area contributed by atoms with E-state index in [4.69, 9.17) is 23.2 Å². The zero-order chi connectivity index (χ0) is 14.7. The Morgan fingerprint density at radius 3 is 2.70 bits per heavy atom. The van der Waals surface area contributed by atoms with E-state index in [0.29, 0.717) is 27.8 Å². The van der Waals surface area contributed by atoms with E-state index in [1.54, 1.807) is 16.9 Å². The van der Waals surface area contributed by atoms with Gasteiger partial charge in [-0.15, -0.1) is 0 Å². The lowest BCUT2D eigenvalue weighted by molar-refractivity contribution is 0.205. The molecule has 2 rings (SSSR count). The average Bonchev–Trinajstić information content (AvgIpc) is 2.77. The van der Waals surface area contributed by atoms with Gasteiger partial charge in [-0.05, 0) is 20.2 Å². The van der Waals surface area contributed by atoms with Gasteiger partial charge in [0.1, 0.15) is 6.10 Å². The summed E-state index contributed by atoms with van der Waals surface area (Å²) < 4.78 is 1.70. The number of rotatable bonds is 5. The topological polar surface area (TPSA) is 54.2 Å². The van der Waals surface area contributed by atoms with Crippen molar-refractivity contribution >= 4 is 23.2 Å². The summed E-state index contributed by atoms with van der Waals surface area (Å²) in [4.78, 5) is 5.94. The number of halogens is 2. The van der Waals surface area contributed by atoms with Gasteiger partial charge in [0.15, 0.2) is 0 Å². The lowest BCUT2D eigenvalue weighted by atomic mass is 10.1. The number of aliphatic hydroxyl groups is 1. The zero-order valence-corrected chi connectivity index (χ0v) is 12.8. The molecule has 2 aromatic rings. The minimum atomic E-state index is -0.928. The fourth-order valence-corrected chi connectivity index (χ4v) is 2.34. The number of pyridine rings is 1. The summed E-state index contributed by atoms with van der Waals surface area (Å²) in [7, 11) is 3.95. The molecule has 7 heteroatoms. The monoisotopic (exact) mass is 314 g/mol. The van der Waals surface area contributed by atoms with Crippen molar-refractivity contribution in [2.24, 2.45) is 0 Å². The van der Waals surface area contributed by atoms with E-state index in [1.807, 2.05) is 19.0 Å². The van der Waals surface area contributed by atoms with Crippen LogP contribution in [0.15, 0.2) is 24.7 Å². The molecule has 20 heavy (non-hydrogen) atoms. The lowest BCUT2D eigenvalue weighted by Gasteiger charge is -2.17. The first-order chi connectivity index (χ1) is 9.50. The summed E-state index contributed by atoms with van der Waals surface area (Å²) in [5.41, 5.74) is 1.11. The highest BCUT2D eigenvalue weighted by Crippen LogP contribution is 2.31. The standard InChI is InChI=1S/C13H16Cl2N4O/c1-18(2)5-6-19-12(11(15)8-17-19)13(20)9-3-4-16-7-10(9)14/h3-4,7-8,13,20H,5-6H2,1-2H3. The number of likely N-dealkylation sites (N-methyl/N-ethyl adjacent to an activating group) is 1. The van der Waals surface area contributed by atoms with Gasteiger partial charge < -0.3 is 10.0 Å². The van der Waals surface area contributed by atoms with Gasteiger partial charge in [-0.2, -0.15) is 5.10 Å². The van der Waals surface area contributed by atoms with E-state index >= 15 is 0 Å². The third kappa shape index (κ3) is 3.30. The van der Waals surface area contributed by atoms with Gasteiger partial charge in [-0.25, -0.2) is 0 Å². The van der Waals surface area contributed by atoms with E-state index in [0.717, 1.165) is 6.54 Å². The molecule has 0 aromatic carbocycles. The van der Waals surface area contributed by atoms with Crippen LogP contribution in [-0.2, 0) is 6.54 Å². The molecule has 0 aliphatic heterocycles. The molecule has 0 amide bonds. The van der Waals surface area contributed by atoms with Crippen LogP contribution in [0.25, 0.3) is 0 Å². The van der Waals surface area contributed by atoms with E-state index in [2.05, 4.69) is 10.1 Å². The van der Waals surface area contributed by atoms with Crippen LogP contribution < -0.4 is 0 Å². The molecule has 2 heterocycles. The molecular weight excluding hydrogens is 299 g/mol. The molecule has 2 aromatic heterocycles. The van der Waals surface area contributed by atoms with Crippen molar-refractivity contribution in [2.45, 2.75) is 12.6 Å². The predicted molar refractivity (Wildman–Crippen MR) is 79.1 cm³/mol. The summed E-state index contributed by atoms with van der Waals surface area (Å²) in [6.45, 7) is 1.43. The van der Waals surface area contributed by atoms with Crippen LogP contribution in [0, 0.1) is 0 Å². The van der Waals surface area contributed by atoms with Crippen molar-refractivity contribution in [3.05, 3.63) is 46.0 Å². The molecule has 1 N–H and O–H groups in total. The van der Waals surface area contributed by atoms with Gasteiger partial charge >= 0.3 is 0 Å². The van der Waals surface area contributed by atoms with Gasteiger partial charge in [-0.1, -0.05) is 23.2 Å².